The van der Waals surface area contributed by atoms with Crippen LogP contribution in [-0.2, 0) is 14.3 Å². The van der Waals surface area contributed by atoms with Crippen molar-refractivity contribution in [1.29, 1.82) is 0 Å². The van der Waals surface area contributed by atoms with Crippen molar-refractivity contribution in [2.24, 2.45) is 51.2 Å². The molecular formula is C31H48O5. The van der Waals surface area contributed by atoms with Crippen molar-refractivity contribution in [3.63, 3.8) is 0 Å². The number of fused-ring (bicyclic) bond motifs is 3. The highest BCUT2D eigenvalue weighted by Crippen LogP contribution is 2.73. The van der Waals surface area contributed by atoms with Crippen molar-refractivity contribution < 1.29 is 24.5 Å². The van der Waals surface area contributed by atoms with Crippen LogP contribution in [0.1, 0.15) is 99.8 Å². The molecule has 2 spiro atoms. The highest BCUT2D eigenvalue weighted by molar-refractivity contribution is 5.75. The van der Waals surface area contributed by atoms with Gasteiger partial charge in [-0.1, -0.05) is 59.6 Å². The molecule has 0 radical (unpaired) electrons. The van der Waals surface area contributed by atoms with Gasteiger partial charge in [0.1, 0.15) is 0 Å². The molecule has 36 heavy (non-hydrogen) atoms. The molecule has 6 rings (SSSR count). The minimum absolute atomic E-state index is 0.00897. The third kappa shape index (κ3) is 2.81. The number of carbonyl (C=O) groups excluding carboxylic acids is 1. The van der Waals surface area contributed by atoms with Crippen molar-refractivity contribution in [2.75, 3.05) is 6.61 Å². The maximum atomic E-state index is 12.6. The molecule has 202 valence electrons. The Labute approximate surface area is 217 Å². The van der Waals surface area contributed by atoms with Crippen molar-refractivity contribution in [1.82, 2.24) is 0 Å². The van der Waals surface area contributed by atoms with Crippen molar-refractivity contribution >= 4 is 5.97 Å². The molecule has 5 nitrogen and oxygen atoms in total. The molecule has 0 aromatic heterocycles. The zero-order valence-electron chi connectivity index (χ0n) is 23.5. The smallest absolute Gasteiger partial charge is 0.311 e. The lowest BCUT2D eigenvalue weighted by Gasteiger charge is -2.63. The van der Waals surface area contributed by atoms with Gasteiger partial charge in [-0.25, -0.2) is 0 Å². The zero-order valence-corrected chi connectivity index (χ0v) is 23.5. The van der Waals surface area contributed by atoms with Crippen LogP contribution in [0.4, 0.5) is 0 Å². The minimum atomic E-state index is -0.864. The van der Waals surface area contributed by atoms with Crippen LogP contribution in [0.2, 0.25) is 0 Å². The molecule has 5 heteroatoms. The van der Waals surface area contributed by atoms with Crippen LogP contribution in [-0.4, -0.2) is 40.8 Å². The van der Waals surface area contributed by atoms with Crippen molar-refractivity contribution in [3.8, 4) is 0 Å². The van der Waals surface area contributed by atoms with Gasteiger partial charge in [0, 0.05) is 17.8 Å². The average molecular weight is 501 g/mol. The third-order valence-corrected chi connectivity index (χ3v) is 13.4. The summed E-state index contributed by atoms with van der Waals surface area (Å²) < 4.78 is 12.8. The molecular weight excluding hydrogens is 452 g/mol. The first kappa shape index (κ1) is 25.4. The third-order valence-electron chi connectivity index (χ3n) is 13.4. The van der Waals surface area contributed by atoms with Gasteiger partial charge in [-0.05, 0) is 78.9 Å². The second-order valence-electron chi connectivity index (χ2n) is 14.9. The van der Waals surface area contributed by atoms with Crippen LogP contribution in [0.5, 0.6) is 0 Å². The van der Waals surface area contributed by atoms with Gasteiger partial charge in [0.05, 0.1) is 24.7 Å². The zero-order chi connectivity index (χ0) is 26.1. The Bertz CT molecular complexity index is 1000. The van der Waals surface area contributed by atoms with Gasteiger partial charge in [0.15, 0.2) is 0 Å². The molecule has 2 saturated carbocycles. The van der Waals surface area contributed by atoms with E-state index in [4.69, 9.17) is 9.47 Å². The Balaban J connectivity index is 1.44. The average Bonchev–Trinajstić information content (AvgIpc) is 3.18. The van der Waals surface area contributed by atoms with E-state index in [2.05, 4.69) is 41.5 Å². The summed E-state index contributed by atoms with van der Waals surface area (Å²) in [6.45, 7) is 16.2. The minimum Gasteiger partial charge on any atom is -0.433 e. The Kier molecular flexibility index (Phi) is 5.36. The van der Waals surface area contributed by atoms with Crippen LogP contribution in [0, 0.1) is 51.2 Å². The van der Waals surface area contributed by atoms with Crippen molar-refractivity contribution in [2.45, 2.75) is 118 Å². The molecule has 2 aliphatic heterocycles. The summed E-state index contributed by atoms with van der Waals surface area (Å²) in [7, 11) is 0. The lowest BCUT2D eigenvalue weighted by atomic mass is 9.42. The first-order valence-corrected chi connectivity index (χ1v) is 14.7. The van der Waals surface area contributed by atoms with E-state index >= 15 is 0 Å². The fourth-order valence-corrected chi connectivity index (χ4v) is 11.0. The van der Waals surface area contributed by atoms with E-state index in [1.165, 1.54) is 5.57 Å². The molecule has 2 N–H and O–H groups in total. The van der Waals surface area contributed by atoms with Gasteiger partial charge in [-0.2, -0.15) is 0 Å². The van der Waals surface area contributed by atoms with E-state index in [1.807, 2.05) is 6.92 Å². The number of carbonyl (C=O) groups is 1. The summed E-state index contributed by atoms with van der Waals surface area (Å²) >= 11 is 0. The Morgan fingerprint density at radius 1 is 0.917 bits per heavy atom. The first-order chi connectivity index (χ1) is 16.7. The summed E-state index contributed by atoms with van der Waals surface area (Å²) in [4.78, 5) is 12.6. The number of esters is 1. The number of aliphatic hydroxyl groups is 2. The normalized spacial score (nSPS) is 55.9. The molecule has 11 unspecified atom stereocenters. The maximum absolute atomic E-state index is 12.6. The topological polar surface area (TPSA) is 76.0 Å². The second-order valence-corrected chi connectivity index (χ2v) is 14.9. The molecule has 0 amide bonds. The summed E-state index contributed by atoms with van der Waals surface area (Å²) in [5.41, 5.74) is 2.55. The highest BCUT2D eigenvalue weighted by Gasteiger charge is 2.71. The summed E-state index contributed by atoms with van der Waals surface area (Å²) in [6, 6.07) is 0. The quantitative estimate of drug-likeness (QED) is 0.333. The summed E-state index contributed by atoms with van der Waals surface area (Å²) in [5, 5.41) is 23.1. The molecule has 0 aromatic rings. The fraction of sp³-hybridized carbons (Fsp3) is 0.903. The van der Waals surface area contributed by atoms with Gasteiger partial charge in [0.25, 0.3) is 0 Å². The summed E-state index contributed by atoms with van der Waals surface area (Å²) in [6.07, 6.45) is 6.90. The van der Waals surface area contributed by atoms with Gasteiger partial charge in [0.2, 0.25) is 5.79 Å². The number of ether oxygens (including phenoxy) is 2. The molecule has 6 aliphatic rings. The lowest BCUT2D eigenvalue weighted by Crippen LogP contribution is -2.60. The van der Waals surface area contributed by atoms with E-state index in [-0.39, 0.29) is 45.6 Å². The molecule has 4 fully saturated rings. The molecule has 4 aliphatic carbocycles. The Morgan fingerprint density at radius 3 is 2.31 bits per heavy atom. The van der Waals surface area contributed by atoms with Gasteiger partial charge in [-0.15, -0.1) is 0 Å². The number of hydrogen-bond donors (Lipinski definition) is 2. The Hall–Kier alpha value is -0.910. The number of rotatable bonds is 0. The highest BCUT2D eigenvalue weighted by atomic mass is 16.7. The van der Waals surface area contributed by atoms with Gasteiger partial charge < -0.3 is 19.7 Å². The van der Waals surface area contributed by atoms with Gasteiger partial charge in [-0.3, -0.25) is 4.79 Å². The Morgan fingerprint density at radius 2 is 1.64 bits per heavy atom. The second kappa shape index (κ2) is 7.60. The van der Waals surface area contributed by atoms with Crippen LogP contribution < -0.4 is 0 Å². The largest absolute Gasteiger partial charge is 0.433 e. The molecule has 11 atom stereocenters. The molecule has 2 heterocycles. The predicted molar refractivity (Wildman–Crippen MR) is 138 cm³/mol. The molecule has 0 aromatic carbocycles. The number of aliphatic hydroxyl groups excluding tert-OH is 2. The predicted octanol–water partition coefficient (Wildman–Crippen LogP) is 5.63. The fourth-order valence-electron chi connectivity index (χ4n) is 11.0. The van der Waals surface area contributed by atoms with E-state index in [0.29, 0.717) is 24.4 Å². The van der Waals surface area contributed by atoms with Gasteiger partial charge >= 0.3 is 5.97 Å². The van der Waals surface area contributed by atoms with E-state index < -0.39 is 11.9 Å². The van der Waals surface area contributed by atoms with E-state index in [9.17, 15) is 15.0 Å². The summed E-state index contributed by atoms with van der Waals surface area (Å²) in [5.74, 6) is -0.0750. The standard InChI is InChI=1S/C31H48O5/c1-17-15-31(19(3)18(2)26(34)36-31)35-16-30-20(17)10-13-29(30,7)21-8-9-23-27(4,5)24(32)11-12-28(23,6)22(21)14-25(30)33/h17-20,23-25,32-33H,8-16H2,1-7H3. The van der Waals surface area contributed by atoms with Crippen LogP contribution in [0.3, 0.4) is 0 Å². The number of allylic oxidation sites excluding steroid dienone is 1. The first-order valence-electron chi connectivity index (χ1n) is 14.7. The van der Waals surface area contributed by atoms with E-state index in [1.54, 1.807) is 5.57 Å². The maximum Gasteiger partial charge on any atom is 0.311 e. The monoisotopic (exact) mass is 500 g/mol. The van der Waals surface area contributed by atoms with E-state index in [0.717, 1.165) is 51.4 Å². The van der Waals surface area contributed by atoms with Crippen molar-refractivity contribution in [3.05, 3.63) is 11.1 Å². The molecule has 2 saturated heterocycles. The number of hydrogen-bond acceptors (Lipinski definition) is 5. The molecule has 0 bridgehead atoms. The SMILES string of the molecule is CC1CC2(OCC34C(O)CC5=C(CCC6C5(C)CCC(O)C6(C)C)C3(C)CCC14)OC(=O)C(C)C2C. The lowest BCUT2D eigenvalue weighted by molar-refractivity contribution is -0.248. The van der Waals surface area contributed by atoms with Crippen LogP contribution in [0.15, 0.2) is 11.1 Å². The van der Waals surface area contributed by atoms with Crippen LogP contribution >= 0.6 is 0 Å². The van der Waals surface area contributed by atoms with Crippen LogP contribution in [0.25, 0.3) is 0 Å².